The Labute approximate surface area is 140 Å². The molecule has 1 saturated heterocycles. The molecule has 2 aliphatic heterocycles. The maximum Gasteiger partial charge on any atom is 0.256 e. The van der Waals surface area contributed by atoms with Crippen molar-refractivity contribution in [1.82, 2.24) is 10.2 Å². The first kappa shape index (κ1) is 15.4. The smallest absolute Gasteiger partial charge is 0.256 e. The van der Waals surface area contributed by atoms with Crippen LogP contribution in [0.25, 0.3) is 0 Å². The molecule has 116 valence electrons. The summed E-state index contributed by atoms with van der Waals surface area (Å²) in [6, 6.07) is 1.91. The Morgan fingerprint density at radius 3 is 2.77 bits per heavy atom. The number of alkyl halides is 1. The van der Waals surface area contributed by atoms with E-state index in [0.717, 1.165) is 5.56 Å². The molecule has 2 atom stereocenters. The summed E-state index contributed by atoms with van der Waals surface area (Å²) >= 11 is 2.09. The largest absolute Gasteiger partial charge is 0.311 e. The molecule has 1 N–H and O–H groups in total. The molecule has 1 aromatic rings. The Kier molecular flexibility index (Phi) is 3.92. The first-order valence-electron chi connectivity index (χ1n) is 7.00. The summed E-state index contributed by atoms with van der Waals surface area (Å²) in [4.78, 5) is 37.8. The SMILES string of the molecule is Cc1cc(F)cc2c1C(I)N(C1CCCC(=O)NC1=O)C2=O. The monoisotopic (exact) mass is 416 g/mol. The fourth-order valence-electron chi connectivity index (χ4n) is 3.06. The highest BCUT2D eigenvalue weighted by atomic mass is 127. The molecule has 3 rings (SSSR count). The van der Waals surface area contributed by atoms with Gasteiger partial charge < -0.3 is 4.90 Å². The molecule has 0 aromatic heterocycles. The molecule has 0 radical (unpaired) electrons. The lowest BCUT2D eigenvalue weighted by atomic mass is 10.0. The van der Waals surface area contributed by atoms with E-state index in [1.807, 2.05) is 0 Å². The van der Waals surface area contributed by atoms with Crippen molar-refractivity contribution in [3.63, 3.8) is 0 Å². The second-order valence-electron chi connectivity index (χ2n) is 5.55. The zero-order chi connectivity index (χ0) is 16.0. The van der Waals surface area contributed by atoms with Gasteiger partial charge in [-0.2, -0.15) is 0 Å². The third-order valence-corrected chi connectivity index (χ3v) is 5.30. The van der Waals surface area contributed by atoms with Gasteiger partial charge in [0.05, 0.1) is 0 Å². The van der Waals surface area contributed by atoms with E-state index in [4.69, 9.17) is 0 Å². The number of hydrogen-bond acceptors (Lipinski definition) is 3. The van der Waals surface area contributed by atoms with E-state index in [2.05, 4.69) is 27.9 Å². The van der Waals surface area contributed by atoms with Crippen molar-refractivity contribution in [2.24, 2.45) is 0 Å². The highest BCUT2D eigenvalue weighted by molar-refractivity contribution is 14.1. The van der Waals surface area contributed by atoms with Crippen LogP contribution in [0.2, 0.25) is 0 Å². The van der Waals surface area contributed by atoms with Crippen molar-refractivity contribution >= 4 is 40.3 Å². The molecule has 0 spiro atoms. The van der Waals surface area contributed by atoms with Gasteiger partial charge in [0.1, 0.15) is 15.9 Å². The number of halogens is 2. The van der Waals surface area contributed by atoms with E-state index < -0.39 is 17.8 Å². The summed E-state index contributed by atoms with van der Waals surface area (Å²) in [5.74, 6) is -1.59. The van der Waals surface area contributed by atoms with Crippen LogP contribution >= 0.6 is 22.6 Å². The third-order valence-electron chi connectivity index (χ3n) is 4.08. The van der Waals surface area contributed by atoms with Crippen LogP contribution in [-0.2, 0) is 9.59 Å². The van der Waals surface area contributed by atoms with Crippen molar-refractivity contribution < 1.29 is 18.8 Å². The number of fused-ring (bicyclic) bond motifs is 1. The van der Waals surface area contributed by atoms with Crippen molar-refractivity contribution in [2.75, 3.05) is 0 Å². The van der Waals surface area contributed by atoms with Gasteiger partial charge in [-0.15, -0.1) is 0 Å². The predicted molar refractivity (Wildman–Crippen MR) is 84.9 cm³/mol. The van der Waals surface area contributed by atoms with Crippen molar-refractivity contribution in [2.45, 2.75) is 36.3 Å². The highest BCUT2D eigenvalue weighted by Gasteiger charge is 2.43. The fraction of sp³-hybridized carbons (Fsp3) is 0.400. The van der Waals surface area contributed by atoms with Crippen molar-refractivity contribution in [1.29, 1.82) is 0 Å². The molecule has 0 saturated carbocycles. The van der Waals surface area contributed by atoms with Gasteiger partial charge in [-0.3, -0.25) is 19.7 Å². The standard InChI is InChI=1S/C15H14FIN2O3/c1-7-5-8(16)6-9-12(7)13(17)19(15(9)22)10-3-2-4-11(20)18-14(10)21/h5-6,10,13H,2-4H2,1H3,(H,18,20,21). The summed E-state index contributed by atoms with van der Waals surface area (Å²) in [5.41, 5.74) is 1.74. The summed E-state index contributed by atoms with van der Waals surface area (Å²) < 4.78 is 13.2. The van der Waals surface area contributed by atoms with E-state index in [-0.39, 0.29) is 22.3 Å². The number of carbonyl (C=O) groups is 3. The molecule has 0 aliphatic carbocycles. The number of aryl methyl sites for hydroxylation is 1. The first-order chi connectivity index (χ1) is 10.4. The average molecular weight is 416 g/mol. The Bertz CT molecular complexity index is 692. The summed E-state index contributed by atoms with van der Waals surface area (Å²) in [7, 11) is 0. The first-order valence-corrected chi connectivity index (χ1v) is 8.25. The third kappa shape index (κ3) is 2.41. The van der Waals surface area contributed by atoms with Gasteiger partial charge in [0.15, 0.2) is 0 Å². The number of rotatable bonds is 1. The minimum atomic E-state index is -0.698. The molecule has 7 heteroatoms. The molecule has 3 amide bonds. The Morgan fingerprint density at radius 2 is 2.05 bits per heavy atom. The van der Waals surface area contributed by atoms with Crippen molar-refractivity contribution in [3.05, 3.63) is 34.6 Å². The molecule has 5 nitrogen and oxygen atoms in total. The zero-order valence-electron chi connectivity index (χ0n) is 11.9. The molecule has 0 bridgehead atoms. The summed E-state index contributed by atoms with van der Waals surface area (Å²) in [6.07, 6.45) is 1.24. The topological polar surface area (TPSA) is 66.5 Å². The molecular formula is C15H14FIN2O3. The molecule has 2 aliphatic rings. The predicted octanol–water partition coefficient (Wildman–Crippen LogP) is 2.22. The van der Waals surface area contributed by atoms with Gasteiger partial charge in [0.2, 0.25) is 11.8 Å². The lowest BCUT2D eigenvalue weighted by Gasteiger charge is -2.28. The van der Waals surface area contributed by atoms with Gasteiger partial charge in [-0.05, 0) is 37.5 Å². The lowest BCUT2D eigenvalue weighted by molar-refractivity contribution is -0.132. The number of hydrogen-bond donors (Lipinski definition) is 1. The van der Waals surface area contributed by atoms with Crippen LogP contribution < -0.4 is 5.32 Å². The van der Waals surface area contributed by atoms with E-state index in [1.165, 1.54) is 17.0 Å². The average Bonchev–Trinajstić information content (AvgIpc) is 2.56. The molecule has 22 heavy (non-hydrogen) atoms. The number of carbonyl (C=O) groups excluding carboxylic acids is 3. The second-order valence-corrected chi connectivity index (χ2v) is 6.73. The van der Waals surface area contributed by atoms with Crippen LogP contribution in [0.15, 0.2) is 12.1 Å². The van der Waals surface area contributed by atoms with Crippen molar-refractivity contribution in [3.8, 4) is 0 Å². The maximum absolute atomic E-state index is 13.6. The van der Waals surface area contributed by atoms with Gasteiger partial charge >= 0.3 is 0 Å². The van der Waals surface area contributed by atoms with E-state index in [9.17, 15) is 18.8 Å². The summed E-state index contributed by atoms with van der Waals surface area (Å²) in [5, 5.41) is 2.31. The minimum absolute atomic E-state index is 0.275. The highest BCUT2D eigenvalue weighted by Crippen LogP contribution is 2.42. The van der Waals surface area contributed by atoms with Gasteiger partial charge in [-0.25, -0.2) is 4.39 Å². The Morgan fingerprint density at radius 1 is 1.32 bits per heavy atom. The van der Waals surface area contributed by atoms with Crippen LogP contribution in [0.5, 0.6) is 0 Å². The summed E-state index contributed by atoms with van der Waals surface area (Å²) in [6.45, 7) is 1.75. The molecule has 2 heterocycles. The quantitative estimate of drug-likeness (QED) is 0.331. The molecular weight excluding hydrogens is 402 g/mol. The zero-order valence-corrected chi connectivity index (χ0v) is 14.0. The molecule has 1 fully saturated rings. The fourth-order valence-corrected chi connectivity index (χ4v) is 4.53. The minimum Gasteiger partial charge on any atom is -0.311 e. The molecule has 1 aromatic carbocycles. The van der Waals surface area contributed by atoms with Gasteiger partial charge in [0, 0.05) is 17.5 Å². The number of nitrogens with one attached hydrogen (secondary N) is 1. The maximum atomic E-state index is 13.6. The number of imide groups is 1. The van der Waals surface area contributed by atoms with Crippen LogP contribution in [0, 0.1) is 12.7 Å². The lowest BCUT2D eigenvalue weighted by Crippen LogP contribution is -2.47. The van der Waals surface area contributed by atoms with Gasteiger partial charge in [0.25, 0.3) is 5.91 Å². The van der Waals surface area contributed by atoms with E-state index >= 15 is 0 Å². The normalized spacial score (nSPS) is 25.0. The Balaban J connectivity index is 2.00. The van der Waals surface area contributed by atoms with Crippen LogP contribution in [0.3, 0.4) is 0 Å². The van der Waals surface area contributed by atoms with Crippen LogP contribution in [0.1, 0.15) is 44.8 Å². The van der Waals surface area contributed by atoms with Crippen LogP contribution in [0.4, 0.5) is 4.39 Å². The van der Waals surface area contributed by atoms with Crippen LogP contribution in [-0.4, -0.2) is 28.7 Å². The van der Waals surface area contributed by atoms with Gasteiger partial charge in [-0.1, -0.05) is 22.6 Å². The van der Waals surface area contributed by atoms with E-state index in [0.29, 0.717) is 24.0 Å². The second kappa shape index (κ2) is 5.60. The van der Waals surface area contributed by atoms with E-state index in [1.54, 1.807) is 6.92 Å². The number of nitrogens with zero attached hydrogens (tertiary/aromatic N) is 1. The number of benzene rings is 1. The number of amides is 3. The molecule has 2 unspecified atom stereocenters. The Hall–Kier alpha value is -1.51.